The molecular formula is C31H40N6O3. The third-order valence-electron chi connectivity index (χ3n) is 5.48. The lowest BCUT2D eigenvalue weighted by Crippen LogP contribution is -2.32. The predicted molar refractivity (Wildman–Crippen MR) is 157 cm³/mol. The number of tetrazole rings is 1. The quantitative estimate of drug-likeness (QED) is 0.262. The maximum atomic E-state index is 12.3. The van der Waals surface area contributed by atoms with E-state index in [0.29, 0.717) is 11.6 Å². The summed E-state index contributed by atoms with van der Waals surface area (Å²) in [5.41, 5.74) is 5.91. The summed E-state index contributed by atoms with van der Waals surface area (Å²) >= 11 is 0. The summed E-state index contributed by atoms with van der Waals surface area (Å²) in [5, 5.41) is 17.2. The number of nitrogens with one attached hydrogen (secondary N) is 2. The molecule has 0 bridgehead atoms. The Morgan fingerprint density at radius 3 is 2.33 bits per heavy atom. The fourth-order valence-corrected chi connectivity index (χ4v) is 3.77. The van der Waals surface area contributed by atoms with E-state index in [-0.39, 0.29) is 13.2 Å². The van der Waals surface area contributed by atoms with Gasteiger partial charge in [-0.15, -0.1) is 10.2 Å². The topological polar surface area (TPSA) is 115 Å². The number of carbonyl (C=O) groups excluding carboxylic acids is 1. The first-order chi connectivity index (χ1) is 18.9. The average Bonchev–Trinajstić information content (AvgIpc) is 3.41. The van der Waals surface area contributed by atoms with Crippen molar-refractivity contribution in [3.05, 3.63) is 77.1 Å². The Bertz CT molecular complexity index is 1370. The van der Waals surface area contributed by atoms with Crippen molar-refractivity contribution in [3.63, 3.8) is 0 Å². The maximum Gasteiger partial charge on any atom is 0.407 e. The Kier molecular flexibility index (Phi) is 10.4. The van der Waals surface area contributed by atoms with Gasteiger partial charge < -0.3 is 14.8 Å². The van der Waals surface area contributed by atoms with Crippen LogP contribution < -0.4 is 10.1 Å². The van der Waals surface area contributed by atoms with Crippen LogP contribution in [0.1, 0.15) is 63.9 Å². The van der Waals surface area contributed by atoms with Crippen LogP contribution in [0.15, 0.2) is 54.7 Å². The smallest absolute Gasteiger partial charge is 0.407 e. The Hall–Kier alpha value is -4.27. The molecule has 0 atom stereocenters. The first kappa shape index (κ1) is 30.3. The Morgan fingerprint density at radius 2 is 1.70 bits per heavy atom. The van der Waals surface area contributed by atoms with Crippen LogP contribution in [0, 0.1) is 19.8 Å². The highest BCUT2D eigenvalue weighted by molar-refractivity contribution is 5.73. The minimum atomic E-state index is -0.583. The highest BCUT2D eigenvalue weighted by Gasteiger charge is 2.20. The van der Waals surface area contributed by atoms with Crippen molar-refractivity contribution in [3.8, 4) is 28.3 Å². The van der Waals surface area contributed by atoms with E-state index in [4.69, 9.17) is 9.47 Å². The molecule has 2 aromatic heterocycles. The summed E-state index contributed by atoms with van der Waals surface area (Å²) in [6, 6.07) is 15.8. The van der Waals surface area contributed by atoms with Gasteiger partial charge in [0.25, 0.3) is 0 Å². The van der Waals surface area contributed by atoms with E-state index >= 15 is 0 Å². The number of alkyl carbamates (subject to hydrolysis) is 1. The van der Waals surface area contributed by atoms with Crippen LogP contribution in [0.2, 0.25) is 0 Å². The predicted octanol–water partition coefficient (Wildman–Crippen LogP) is 6.81. The molecule has 40 heavy (non-hydrogen) atoms. The Balaban J connectivity index is 0.00000103. The first-order valence-corrected chi connectivity index (χ1v) is 13.4. The van der Waals surface area contributed by atoms with Gasteiger partial charge in [-0.25, -0.2) is 4.79 Å². The summed E-state index contributed by atoms with van der Waals surface area (Å²) < 4.78 is 11.7. The molecule has 9 heteroatoms. The van der Waals surface area contributed by atoms with Gasteiger partial charge in [-0.3, -0.25) is 4.98 Å². The molecule has 0 saturated carbocycles. The number of aromatic amines is 1. The van der Waals surface area contributed by atoms with Gasteiger partial charge in [-0.2, -0.15) is 5.21 Å². The molecule has 0 fully saturated rings. The molecule has 4 aromatic rings. The summed E-state index contributed by atoms with van der Waals surface area (Å²) in [5.74, 6) is 1.92. The van der Waals surface area contributed by atoms with Gasteiger partial charge in [0.1, 0.15) is 18.0 Å². The van der Waals surface area contributed by atoms with Crippen molar-refractivity contribution in [2.45, 2.75) is 74.1 Å². The third kappa shape index (κ3) is 8.90. The molecule has 2 heterocycles. The fraction of sp³-hybridized carbons (Fsp3) is 0.387. The highest BCUT2D eigenvalue weighted by atomic mass is 16.6. The number of H-pyrrole nitrogens is 1. The minimum Gasteiger partial charge on any atom is -0.488 e. The molecule has 0 aliphatic carbocycles. The lowest BCUT2D eigenvalue weighted by atomic mass is 9.94. The number of ether oxygens (including phenoxy) is 2. The van der Waals surface area contributed by atoms with Crippen LogP contribution in [0.25, 0.3) is 22.5 Å². The lowest BCUT2D eigenvalue weighted by Gasteiger charge is -2.21. The molecule has 2 aromatic carbocycles. The van der Waals surface area contributed by atoms with Gasteiger partial charge in [0.2, 0.25) is 5.82 Å². The van der Waals surface area contributed by atoms with Gasteiger partial charge in [0, 0.05) is 24.0 Å². The van der Waals surface area contributed by atoms with Crippen LogP contribution in [-0.4, -0.2) is 37.3 Å². The van der Waals surface area contributed by atoms with Crippen molar-refractivity contribution in [2.24, 2.45) is 5.92 Å². The van der Waals surface area contributed by atoms with E-state index in [2.05, 4.69) is 76.0 Å². The van der Waals surface area contributed by atoms with E-state index in [1.165, 1.54) is 0 Å². The SMILES string of the molecule is CC(C)C.Cc1ccc(-c2c(CNC(=O)OC(C)(C)C)cnc(C)c2COc2ccccc2-c2nn[nH]n2)cc1. The second kappa shape index (κ2) is 13.7. The van der Waals surface area contributed by atoms with E-state index in [0.717, 1.165) is 45.0 Å². The number of amides is 1. The van der Waals surface area contributed by atoms with Gasteiger partial charge in [0.05, 0.1) is 5.56 Å². The van der Waals surface area contributed by atoms with Crippen LogP contribution in [0.5, 0.6) is 5.75 Å². The van der Waals surface area contributed by atoms with E-state index in [1.807, 2.05) is 58.9 Å². The van der Waals surface area contributed by atoms with Crippen LogP contribution >= 0.6 is 0 Å². The van der Waals surface area contributed by atoms with Crippen molar-refractivity contribution < 1.29 is 14.3 Å². The molecule has 2 N–H and O–H groups in total. The molecular weight excluding hydrogens is 504 g/mol. The number of aryl methyl sites for hydroxylation is 2. The molecule has 0 spiro atoms. The molecule has 1 amide bonds. The molecule has 0 radical (unpaired) electrons. The summed E-state index contributed by atoms with van der Waals surface area (Å²) in [4.78, 5) is 16.9. The largest absolute Gasteiger partial charge is 0.488 e. The number of aromatic nitrogens is 5. The van der Waals surface area contributed by atoms with E-state index < -0.39 is 11.7 Å². The van der Waals surface area contributed by atoms with Gasteiger partial charge in [0.15, 0.2) is 0 Å². The number of benzene rings is 2. The number of rotatable bonds is 7. The Morgan fingerprint density at radius 1 is 1.02 bits per heavy atom. The van der Waals surface area contributed by atoms with Crippen molar-refractivity contribution in [1.29, 1.82) is 0 Å². The van der Waals surface area contributed by atoms with E-state index in [1.54, 1.807) is 6.20 Å². The number of nitrogens with zero attached hydrogens (tertiary/aromatic N) is 4. The summed E-state index contributed by atoms with van der Waals surface area (Å²) in [6.07, 6.45) is 1.31. The van der Waals surface area contributed by atoms with Crippen LogP contribution in [-0.2, 0) is 17.9 Å². The number of carbonyl (C=O) groups is 1. The third-order valence-corrected chi connectivity index (χ3v) is 5.48. The average molecular weight is 545 g/mol. The minimum absolute atomic E-state index is 0.261. The van der Waals surface area contributed by atoms with Crippen molar-refractivity contribution in [2.75, 3.05) is 0 Å². The van der Waals surface area contributed by atoms with Gasteiger partial charge >= 0.3 is 6.09 Å². The molecule has 4 rings (SSSR count). The second-order valence-corrected chi connectivity index (χ2v) is 11.2. The summed E-state index contributed by atoms with van der Waals surface area (Å²) in [7, 11) is 0. The van der Waals surface area contributed by atoms with Gasteiger partial charge in [-0.05, 0) is 74.6 Å². The number of hydrogen-bond acceptors (Lipinski definition) is 7. The monoisotopic (exact) mass is 544 g/mol. The molecule has 0 aliphatic heterocycles. The zero-order chi connectivity index (χ0) is 29.3. The molecule has 0 unspecified atom stereocenters. The number of hydrogen-bond donors (Lipinski definition) is 2. The number of pyridine rings is 1. The van der Waals surface area contributed by atoms with Gasteiger partial charge in [-0.1, -0.05) is 62.7 Å². The molecule has 0 saturated heterocycles. The lowest BCUT2D eigenvalue weighted by molar-refractivity contribution is 0.0523. The first-order valence-electron chi connectivity index (χ1n) is 13.4. The van der Waals surface area contributed by atoms with Crippen LogP contribution in [0.4, 0.5) is 4.79 Å². The second-order valence-electron chi connectivity index (χ2n) is 11.2. The zero-order valence-corrected chi connectivity index (χ0v) is 24.7. The van der Waals surface area contributed by atoms with Crippen LogP contribution in [0.3, 0.4) is 0 Å². The number of para-hydroxylation sites is 1. The van der Waals surface area contributed by atoms with Crippen molar-refractivity contribution in [1.82, 2.24) is 30.9 Å². The molecule has 212 valence electrons. The summed E-state index contributed by atoms with van der Waals surface area (Å²) in [6.45, 7) is 16.5. The maximum absolute atomic E-state index is 12.3. The fourth-order valence-electron chi connectivity index (χ4n) is 3.77. The standard InChI is InChI=1S/C27H30N6O3.C4H10/c1-17-10-12-19(13-11-17)24-20(15-29-26(34)36-27(3,4)5)14-28-18(2)22(24)16-35-23-9-7-6-8-21(23)25-30-32-33-31-25;1-4(2)3/h6-14H,15-16H2,1-5H3,(H,29,34)(H,30,31,32,33);4H,1-3H3. The molecule has 0 aliphatic rings. The van der Waals surface area contributed by atoms with E-state index in [9.17, 15) is 4.79 Å². The van der Waals surface area contributed by atoms with Crippen molar-refractivity contribution >= 4 is 6.09 Å². The normalized spacial score (nSPS) is 11.0. The molecule has 9 nitrogen and oxygen atoms in total. The highest BCUT2D eigenvalue weighted by Crippen LogP contribution is 2.32. The Labute approximate surface area is 236 Å². The zero-order valence-electron chi connectivity index (χ0n) is 24.7.